The summed E-state index contributed by atoms with van der Waals surface area (Å²) in [5.41, 5.74) is 2.45. The first-order chi connectivity index (χ1) is 22.0. The summed E-state index contributed by atoms with van der Waals surface area (Å²) in [7, 11) is -1.52. The molecule has 0 radical (unpaired) electrons. The number of phosphoric acid groups is 1. The number of anilines is 2. The van der Waals surface area contributed by atoms with Crippen molar-refractivity contribution in [3.63, 3.8) is 0 Å². The maximum Gasteiger partial charge on any atom is 0.471 e. The molecule has 2 aromatic carbocycles. The van der Waals surface area contributed by atoms with Crippen molar-refractivity contribution in [2.45, 2.75) is 33.7 Å². The highest BCUT2D eigenvalue weighted by atomic mass is 31.2. The van der Waals surface area contributed by atoms with E-state index in [1.807, 2.05) is 57.2 Å². The van der Waals surface area contributed by atoms with Crippen LogP contribution in [0.2, 0.25) is 0 Å². The number of ether oxygens (including phenoxy) is 2. The quantitative estimate of drug-likeness (QED) is 0.139. The van der Waals surface area contributed by atoms with Gasteiger partial charge in [-0.1, -0.05) is 32.0 Å². The first kappa shape index (κ1) is 34.2. The second kappa shape index (κ2) is 15.1. The molecule has 0 fully saturated rings. The molecule has 3 N–H and O–H groups in total. The molecule has 0 saturated heterocycles. The zero-order valence-corrected chi connectivity index (χ0v) is 27.1. The van der Waals surface area contributed by atoms with Gasteiger partial charge in [-0.15, -0.1) is 0 Å². The minimum absolute atomic E-state index is 0.0755. The van der Waals surface area contributed by atoms with Crippen LogP contribution in [-0.2, 0) is 25.2 Å². The topological polar surface area (TPSA) is 164 Å². The van der Waals surface area contributed by atoms with E-state index in [0.29, 0.717) is 46.4 Å². The van der Waals surface area contributed by atoms with Crippen LogP contribution < -0.4 is 19.7 Å². The number of methoxy groups -OCH3 is 1. The molecule has 0 spiro atoms. The molecule has 4 aromatic rings. The van der Waals surface area contributed by atoms with E-state index in [1.54, 1.807) is 37.3 Å². The van der Waals surface area contributed by atoms with Crippen LogP contribution in [-0.4, -0.2) is 58.9 Å². The maximum absolute atomic E-state index is 13.1. The Kier molecular flexibility index (Phi) is 11.2. The number of nitrogens with zero attached hydrogens (tertiary/aromatic N) is 3. The van der Waals surface area contributed by atoms with Crippen LogP contribution in [0.3, 0.4) is 0 Å². The molecule has 0 bridgehead atoms. The second-order valence-electron chi connectivity index (χ2n) is 9.97. The van der Waals surface area contributed by atoms with E-state index >= 15 is 0 Å². The molecule has 1 aliphatic rings. The highest BCUT2D eigenvalue weighted by Gasteiger charge is 2.27. The lowest BCUT2D eigenvalue weighted by atomic mass is 10.1. The summed E-state index contributed by atoms with van der Waals surface area (Å²) in [5.74, 6) is 1.96. The number of phosphoric ester groups is 1. The van der Waals surface area contributed by atoms with Gasteiger partial charge in [-0.3, -0.25) is 19.0 Å². The number of likely N-dealkylation sites (N-methyl/N-ethyl adjacent to an activating group) is 1. The molecule has 0 unspecified atom stereocenters. The number of benzene rings is 2. The number of para-hydroxylation sites is 1. The summed E-state index contributed by atoms with van der Waals surface area (Å²) in [6.07, 6.45) is 4.53. The lowest BCUT2D eigenvalue weighted by Gasteiger charge is -2.21. The third-order valence-electron chi connectivity index (χ3n) is 6.90. The number of pyridine rings is 1. The lowest BCUT2D eigenvalue weighted by molar-refractivity contribution is -0.125. The molecule has 0 atom stereocenters. The zero-order chi connectivity index (χ0) is 33.4. The number of aryl methyl sites for hydroxylation is 1. The second-order valence-corrected chi connectivity index (χ2v) is 11.2. The van der Waals surface area contributed by atoms with Crippen LogP contribution in [0.1, 0.15) is 37.2 Å². The molecule has 0 aliphatic carbocycles. The van der Waals surface area contributed by atoms with Gasteiger partial charge in [-0.2, -0.15) is 0 Å². The zero-order valence-electron chi connectivity index (χ0n) is 26.2. The highest BCUT2D eigenvalue weighted by Crippen LogP contribution is 2.38. The predicted molar refractivity (Wildman–Crippen MR) is 174 cm³/mol. The molecular formula is C32H37N4O9P. The Morgan fingerprint density at radius 2 is 1.91 bits per heavy atom. The fraction of sp³-hybridized carbons (Fsp3) is 0.281. The number of hydrogen-bond acceptors (Lipinski definition) is 9. The Bertz CT molecular complexity index is 1780. The van der Waals surface area contributed by atoms with Crippen molar-refractivity contribution in [1.82, 2.24) is 9.88 Å². The van der Waals surface area contributed by atoms with Gasteiger partial charge in [0, 0.05) is 55.8 Å². The number of furan rings is 1. The van der Waals surface area contributed by atoms with Gasteiger partial charge < -0.3 is 33.9 Å². The van der Waals surface area contributed by atoms with Crippen molar-refractivity contribution in [2.75, 3.05) is 37.6 Å². The fourth-order valence-corrected chi connectivity index (χ4v) is 4.94. The van der Waals surface area contributed by atoms with Crippen molar-refractivity contribution < 1.29 is 42.4 Å². The molecule has 3 heterocycles. The van der Waals surface area contributed by atoms with Crippen LogP contribution in [0, 0.1) is 6.92 Å². The number of carbonyl (C=O) groups excluding carboxylic acids is 2. The first-order valence-corrected chi connectivity index (χ1v) is 16.1. The summed E-state index contributed by atoms with van der Waals surface area (Å²) in [6, 6.07) is 14.5. The van der Waals surface area contributed by atoms with E-state index in [1.165, 1.54) is 12.3 Å². The van der Waals surface area contributed by atoms with E-state index in [2.05, 4.69) is 14.8 Å². The Morgan fingerprint density at radius 1 is 1.17 bits per heavy atom. The molecule has 13 nitrogen and oxygen atoms in total. The predicted octanol–water partition coefficient (Wildman–Crippen LogP) is 5.85. The van der Waals surface area contributed by atoms with Gasteiger partial charge in [-0.05, 0) is 42.8 Å². The third kappa shape index (κ3) is 8.32. The number of fused-ring (bicyclic) bond motifs is 2. The first-order valence-electron chi connectivity index (χ1n) is 14.5. The number of aromatic nitrogens is 1. The van der Waals surface area contributed by atoms with Gasteiger partial charge in [0.05, 0.1) is 12.8 Å². The minimum atomic E-state index is -4.80. The molecule has 14 heteroatoms. The van der Waals surface area contributed by atoms with E-state index in [9.17, 15) is 14.2 Å². The molecule has 244 valence electrons. The Labute approximate surface area is 266 Å². The van der Waals surface area contributed by atoms with E-state index in [0.717, 1.165) is 15.8 Å². The van der Waals surface area contributed by atoms with E-state index in [-0.39, 0.29) is 24.7 Å². The number of amides is 2. The summed E-state index contributed by atoms with van der Waals surface area (Å²) >= 11 is 0. The van der Waals surface area contributed by atoms with Crippen LogP contribution in [0.15, 0.2) is 65.2 Å². The summed E-state index contributed by atoms with van der Waals surface area (Å²) < 4.78 is 33.1. The van der Waals surface area contributed by atoms with Crippen molar-refractivity contribution >= 4 is 48.2 Å². The molecule has 5 rings (SSSR count). The monoisotopic (exact) mass is 652 g/mol. The lowest BCUT2D eigenvalue weighted by Crippen LogP contribution is -2.32. The number of hydrogen-bond donors (Lipinski definition) is 3. The van der Waals surface area contributed by atoms with Crippen molar-refractivity contribution in [1.29, 1.82) is 0 Å². The largest absolute Gasteiger partial charge is 0.497 e. The van der Waals surface area contributed by atoms with Gasteiger partial charge in [0.15, 0.2) is 17.2 Å². The molecule has 0 saturated carbocycles. The van der Waals surface area contributed by atoms with Gasteiger partial charge in [-0.25, -0.2) is 9.55 Å². The maximum atomic E-state index is 13.1. The Balaban J connectivity index is 0.00000235. The van der Waals surface area contributed by atoms with Crippen molar-refractivity contribution in [2.24, 2.45) is 0 Å². The molecule has 46 heavy (non-hydrogen) atoms. The van der Waals surface area contributed by atoms with E-state index in [4.69, 9.17) is 23.7 Å². The average molecular weight is 653 g/mol. The van der Waals surface area contributed by atoms with Crippen LogP contribution in [0.5, 0.6) is 17.2 Å². The SMILES string of the molecule is CC.COc1cccc(Oc2cccc3c(CN(C)C(=O)/C=C/c4cnc5c(c4)NCCC(=O)N5COP(=O)(O)O)c(C)oc23)c1. The van der Waals surface area contributed by atoms with Crippen molar-refractivity contribution in [3.8, 4) is 17.2 Å². The standard InChI is InChI=1S/C30H31N4O9P.C2H6/c1-19-24(23-8-5-9-26(29(23)42-19)43-22-7-4-6-21(15-22)40-3)17-33(2)27(35)11-10-20-14-25-30(32-16-20)34(18-41-44(37,38)39)28(36)12-13-31-25;1-2/h4-11,14-16,31H,12-13,17-18H2,1-3H3,(H2,37,38,39);1-2H3/b11-10+;. The number of nitrogens with one attached hydrogen (secondary N) is 1. The average Bonchev–Trinajstić information content (AvgIpc) is 3.26. The van der Waals surface area contributed by atoms with E-state index < -0.39 is 20.5 Å². The smallest absolute Gasteiger partial charge is 0.471 e. The van der Waals surface area contributed by atoms with Gasteiger partial charge in [0.25, 0.3) is 0 Å². The van der Waals surface area contributed by atoms with Gasteiger partial charge >= 0.3 is 7.82 Å². The summed E-state index contributed by atoms with van der Waals surface area (Å²) in [5, 5.41) is 3.91. The van der Waals surface area contributed by atoms with Crippen molar-refractivity contribution in [3.05, 3.63) is 77.7 Å². The van der Waals surface area contributed by atoms with Crippen LogP contribution in [0.4, 0.5) is 11.5 Å². The molecule has 2 amide bonds. The highest BCUT2D eigenvalue weighted by molar-refractivity contribution is 7.46. The number of rotatable bonds is 10. The van der Waals surface area contributed by atoms with Gasteiger partial charge in [0.1, 0.15) is 24.0 Å². The normalized spacial score (nSPS) is 13.0. The molecular weight excluding hydrogens is 615 g/mol. The fourth-order valence-electron chi connectivity index (χ4n) is 4.67. The van der Waals surface area contributed by atoms with Crippen LogP contribution in [0.25, 0.3) is 17.0 Å². The number of carbonyl (C=O) groups is 2. The third-order valence-corrected chi connectivity index (χ3v) is 7.35. The minimum Gasteiger partial charge on any atom is -0.497 e. The Morgan fingerprint density at radius 3 is 2.65 bits per heavy atom. The Hall–Kier alpha value is -4.68. The summed E-state index contributed by atoms with van der Waals surface area (Å²) in [4.78, 5) is 50.5. The van der Waals surface area contributed by atoms with Crippen LogP contribution >= 0.6 is 7.82 Å². The molecule has 2 aromatic heterocycles. The summed E-state index contributed by atoms with van der Waals surface area (Å²) in [6.45, 7) is 5.76. The van der Waals surface area contributed by atoms with Gasteiger partial charge in [0.2, 0.25) is 11.8 Å². The molecule has 1 aliphatic heterocycles.